The Labute approximate surface area is 302 Å². The van der Waals surface area contributed by atoms with Crippen molar-refractivity contribution in [3.63, 3.8) is 0 Å². The molecule has 51 heavy (non-hydrogen) atoms. The first-order valence-corrected chi connectivity index (χ1v) is 19.5. The second kappa shape index (κ2) is 25.0. The first-order chi connectivity index (χ1) is 24.5. The van der Waals surface area contributed by atoms with E-state index < -0.39 is 47.8 Å². The third-order valence-corrected chi connectivity index (χ3v) is 9.74. The highest BCUT2D eigenvalue weighted by molar-refractivity contribution is 7.38. The summed E-state index contributed by atoms with van der Waals surface area (Å²) in [5.74, 6) is -3.90. The average Bonchev–Trinajstić information content (AvgIpc) is 3.50. The molecule has 284 valence electrons. The number of para-hydroxylation sites is 1. The number of fused-ring (bicyclic) bond motifs is 1. The SMILES string of the molecule is CCCCCCCCCC(=O)NCCPCC[C@H](N)C(=O)N[C@H](Cc1c[nH]c2ccccc12)C(=O)NCC[C@@H](NC(=O)CCCC(=O)O)C(=O)O. The lowest BCUT2D eigenvalue weighted by atomic mass is 10.0. The Kier molecular flexibility index (Phi) is 21.2. The van der Waals surface area contributed by atoms with Crippen LogP contribution in [0.5, 0.6) is 0 Å². The van der Waals surface area contributed by atoms with Crippen molar-refractivity contribution < 1.29 is 39.0 Å². The fraction of sp³-hybridized carbons (Fsp3) is 0.611. The molecule has 0 aliphatic carbocycles. The summed E-state index contributed by atoms with van der Waals surface area (Å²) in [6.07, 6.45) is 12.1. The van der Waals surface area contributed by atoms with Crippen molar-refractivity contribution >= 4 is 55.1 Å². The van der Waals surface area contributed by atoms with Crippen molar-refractivity contribution in [2.75, 3.05) is 25.4 Å². The molecular weight excluding hydrogens is 675 g/mol. The number of carboxylic acids is 2. The van der Waals surface area contributed by atoms with Gasteiger partial charge >= 0.3 is 11.9 Å². The summed E-state index contributed by atoms with van der Waals surface area (Å²) in [7, 11) is 0.511. The van der Waals surface area contributed by atoms with Crippen LogP contribution in [-0.4, -0.2) is 94.3 Å². The lowest BCUT2D eigenvalue weighted by Gasteiger charge is -2.21. The molecule has 4 amide bonds. The van der Waals surface area contributed by atoms with Crippen LogP contribution in [0, 0.1) is 0 Å². The van der Waals surface area contributed by atoms with Crippen molar-refractivity contribution in [2.24, 2.45) is 5.73 Å². The van der Waals surface area contributed by atoms with E-state index in [0.29, 0.717) is 34.1 Å². The number of aliphatic carboxylic acids is 2. The monoisotopic (exact) mass is 732 g/mol. The molecule has 2 rings (SSSR count). The van der Waals surface area contributed by atoms with Crippen LogP contribution in [-0.2, 0) is 35.2 Å². The maximum absolute atomic E-state index is 13.4. The lowest BCUT2D eigenvalue weighted by molar-refractivity contribution is -0.142. The smallest absolute Gasteiger partial charge is 0.326 e. The van der Waals surface area contributed by atoms with Crippen LogP contribution in [0.4, 0.5) is 0 Å². The Hall–Kier alpha value is -4.03. The molecule has 4 atom stereocenters. The number of hydrogen-bond donors (Lipinski definition) is 8. The van der Waals surface area contributed by atoms with E-state index in [1.54, 1.807) is 6.20 Å². The average molecular weight is 733 g/mol. The van der Waals surface area contributed by atoms with E-state index in [0.717, 1.165) is 35.5 Å². The summed E-state index contributed by atoms with van der Waals surface area (Å²) < 4.78 is 0. The summed E-state index contributed by atoms with van der Waals surface area (Å²) >= 11 is 0. The maximum Gasteiger partial charge on any atom is 0.326 e. The number of carbonyl (C=O) groups is 6. The molecule has 1 heterocycles. The first-order valence-electron chi connectivity index (χ1n) is 18.1. The van der Waals surface area contributed by atoms with E-state index in [-0.39, 0.29) is 44.6 Å². The van der Waals surface area contributed by atoms with E-state index >= 15 is 0 Å². The molecule has 0 aliphatic rings. The Bertz CT molecular complexity index is 1400. The fourth-order valence-electron chi connectivity index (χ4n) is 5.53. The topological polar surface area (TPSA) is 233 Å². The summed E-state index contributed by atoms with van der Waals surface area (Å²) in [4.78, 5) is 76.3. The van der Waals surface area contributed by atoms with E-state index in [1.807, 2.05) is 24.3 Å². The highest BCUT2D eigenvalue weighted by atomic mass is 31.1. The number of nitrogens with two attached hydrogens (primary N) is 1. The van der Waals surface area contributed by atoms with Gasteiger partial charge in [0.05, 0.1) is 6.04 Å². The van der Waals surface area contributed by atoms with Gasteiger partial charge < -0.3 is 42.2 Å². The zero-order valence-electron chi connectivity index (χ0n) is 29.8. The quantitative estimate of drug-likeness (QED) is 0.0474. The molecule has 2 aromatic rings. The number of carbonyl (C=O) groups excluding carboxylic acids is 4. The van der Waals surface area contributed by atoms with E-state index in [1.165, 1.54) is 32.1 Å². The molecule has 1 unspecified atom stereocenters. The number of unbranched alkanes of at least 4 members (excludes halogenated alkanes) is 6. The van der Waals surface area contributed by atoms with Crippen LogP contribution in [0.25, 0.3) is 10.9 Å². The van der Waals surface area contributed by atoms with Gasteiger partial charge in [-0.25, -0.2) is 4.79 Å². The van der Waals surface area contributed by atoms with Gasteiger partial charge in [-0.05, 0) is 49.6 Å². The van der Waals surface area contributed by atoms with E-state index in [2.05, 4.69) is 33.2 Å². The Morgan fingerprint density at radius 3 is 2.20 bits per heavy atom. The minimum Gasteiger partial charge on any atom is -0.481 e. The predicted molar refractivity (Wildman–Crippen MR) is 199 cm³/mol. The normalized spacial score (nSPS) is 13.1. The molecule has 0 saturated carbocycles. The highest BCUT2D eigenvalue weighted by Crippen LogP contribution is 2.19. The molecule has 0 radical (unpaired) electrons. The zero-order chi connectivity index (χ0) is 37.4. The summed E-state index contributed by atoms with van der Waals surface area (Å²) in [5.41, 5.74) is 7.88. The molecule has 14 nitrogen and oxygen atoms in total. The number of aromatic nitrogens is 1. The molecule has 0 aliphatic heterocycles. The number of nitrogens with one attached hydrogen (secondary N) is 5. The number of carboxylic acid groups (broad SMARTS) is 2. The van der Waals surface area contributed by atoms with Crippen molar-refractivity contribution in [3.8, 4) is 0 Å². The third kappa shape index (κ3) is 18.2. The Morgan fingerprint density at radius 1 is 0.765 bits per heavy atom. The van der Waals surface area contributed by atoms with E-state index in [4.69, 9.17) is 10.8 Å². The third-order valence-electron chi connectivity index (χ3n) is 8.49. The van der Waals surface area contributed by atoms with Gasteiger partial charge in [-0.2, -0.15) is 0 Å². The minimum absolute atomic E-state index is 0.0691. The van der Waals surface area contributed by atoms with Crippen LogP contribution >= 0.6 is 8.58 Å². The number of amides is 4. The fourth-order valence-corrected chi connectivity index (χ4v) is 6.60. The Balaban J connectivity index is 1.84. The maximum atomic E-state index is 13.4. The van der Waals surface area contributed by atoms with Gasteiger partial charge in [0.1, 0.15) is 12.1 Å². The van der Waals surface area contributed by atoms with Crippen LogP contribution < -0.4 is 27.0 Å². The van der Waals surface area contributed by atoms with Crippen molar-refractivity contribution in [3.05, 3.63) is 36.0 Å². The minimum atomic E-state index is -1.29. The van der Waals surface area contributed by atoms with Crippen LogP contribution in [0.15, 0.2) is 30.5 Å². The van der Waals surface area contributed by atoms with Crippen LogP contribution in [0.2, 0.25) is 0 Å². The molecule has 0 spiro atoms. The van der Waals surface area contributed by atoms with Gasteiger partial charge in [0.25, 0.3) is 0 Å². The number of hydrogen-bond acceptors (Lipinski definition) is 7. The highest BCUT2D eigenvalue weighted by Gasteiger charge is 2.26. The predicted octanol–water partition coefficient (Wildman–Crippen LogP) is 3.18. The first kappa shape index (κ1) is 43.1. The van der Waals surface area contributed by atoms with Gasteiger partial charge in [-0.1, -0.05) is 63.6 Å². The van der Waals surface area contributed by atoms with Crippen molar-refractivity contribution in [1.29, 1.82) is 0 Å². The van der Waals surface area contributed by atoms with Gasteiger partial charge in [-0.3, -0.25) is 24.0 Å². The standard InChI is InChI=1S/C36H57N6O8P/c1-2-3-4-5-6-7-8-14-31(43)38-20-22-51-21-18-27(37)34(47)42-30(23-25-24-40-28-13-10-9-12-26(25)28)35(48)39-19-17-29(36(49)50)41-32(44)15-11-16-33(45)46/h9-10,12-13,24,27,29-30,40,51H,2-8,11,14-23,37H2,1H3,(H,38,43)(H,39,48)(H,41,44)(H,42,47)(H,45,46)(H,49,50)/t27-,29+,30+/m0/s1. The second-order valence-electron chi connectivity index (χ2n) is 12.8. The van der Waals surface area contributed by atoms with Crippen molar-refractivity contribution in [2.45, 2.75) is 115 Å². The molecule has 0 saturated heterocycles. The van der Waals surface area contributed by atoms with Gasteiger partial charge in [-0.15, -0.1) is 8.58 Å². The summed E-state index contributed by atoms with van der Waals surface area (Å²) in [6, 6.07) is 4.39. The number of benzene rings is 1. The molecule has 9 N–H and O–H groups in total. The molecule has 15 heteroatoms. The van der Waals surface area contributed by atoms with Crippen LogP contribution in [0.3, 0.4) is 0 Å². The lowest BCUT2D eigenvalue weighted by Crippen LogP contribution is -2.53. The number of aromatic amines is 1. The second-order valence-corrected chi connectivity index (χ2v) is 14.3. The zero-order valence-corrected chi connectivity index (χ0v) is 30.8. The van der Waals surface area contributed by atoms with Gasteiger partial charge in [0, 0.05) is 55.9 Å². The molecular formula is C36H57N6O8P. The number of rotatable bonds is 28. The summed E-state index contributed by atoms with van der Waals surface area (Å²) in [5, 5.41) is 30.0. The van der Waals surface area contributed by atoms with Crippen molar-refractivity contribution in [1.82, 2.24) is 26.3 Å². The molecule has 1 aromatic heterocycles. The van der Waals surface area contributed by atoms with Gasteiger partial charge in [0.2, 0.25) is 23.6 Å². The van der Waals surface area contributed by atoms with Gasteiger partial charge in [0.15, 0.2) is 0 Å². The van der Waals surface area contributed by atoms with E-state index in [9.17, 15) is 33.9 Å². The van der Waals surface area contributed by atoms with Crippen LogP contribution in [0.1, 0.15) is 96.0 Å². The largest absolute Gasteiger partial charge is 0.481 e. The Morgan fingerprint density at radius 2 is 1.47 bits per heavy atom. The molecule has 1 aromatic carbocycles. The molecule has 0 bridgehead atoms. The summed E-state index contributed by atoms with van der Waals surface area (Å²) in [6.45, 7) is 2.67. The number of H-pyrrole nitrogens is 1. The molecule has 0 fully saturated rings.